The second-order valence-corrected chi connectivity index (χ2v) is 2.95. The van der Waals surface area contributed by atoms with Gasteiger partial charge in [0.15, 0.2) is 0 Å². The van der Waals surface area contributed by atoms with Crippen molar-refractivity contribution in [3.05, 3.63) is 44.5 Å². The van der Waals surface area contributed by atoms with Crippen LogP contribution in [0, 0.1) is 12.7 Å². The largest absolute Gasteiger partial charge is 0.419 e. The summed E-state index contributed by atoms with van der Waals surface area (Å²) in [5.41, 5.74) is -0.280. The number of rotatable bonds is 0. The molecule has 14 heavy (non-hydrogen) atoms. The Hall–Kier alpha value is -1.91. The first-order valence-corrected chi connectivity index (χ1v) is 3.91. The molecular formula is C9H6FNO3. The summed E-state index contributed by atoms with van der Waals surface area (Å²) in [6, 6.07) is 2.44. The van der Waals surface area contributed by atoms with E-state index >= 15 is 0 Å². The molecule has 0 spiro atoms. The van der Waals surface area contributed by atoms with Crippen LogP contribution in [0.3, 0.4) is 0 Å². The van der Waals surface area contributed by atoms with Gasteiger partial charge in [0, 0.05) is 0 Å². The van der Waals surface area contributed by atoms with Crippen LogP contribution < -0.4 is 11.4 Å². The molecule has 1 heterocycles. The van der Waals surface area contributed by atoms with E-state index in [0.29, 0.717) is 5.56 Å². The van der Waals surface area contributed by atoms with E-state index in [1.54, 1.807) is 0 Å². The number of halogens is 1. The molecule has 0 amide bonds. The van der Waals surface area contributed by atoms with Crippen molar-refractivity contribution in [3.8, 4) is 0 Å². The Labute approximate surface area is 77.0 Å². The van der Waals surface area contributed by atoms with Crippen molar-refractivity contribution in [2.75, 3.05) is 0 Å². The molecule has 0 aliphatic carbocycles. The van der Waals surface area contributed by atoms with Crippen LogP contribution in [0.15, 0.2) is 26.1 Å². The van der Waals surface area contributed by atoms with Crippen molar-refractivity contribution in [2.24, 2.45) is 0 Å². The standard InChI is InChI=1S/C9H6FNO3/c1-4-2-5-7(3-6(4)10)11-9(13)14-8(5)12/h2-3H,1H3,(H,11,13). The lowest BCUT2D eigenvalue weighted by atomic mass is 10.1. The summed E-state index contributed by atoms with van der Waals surface area (Å²) >= 11 is 0. The second kappa shape index (κ2) is 2.80. The van der Waals surface area contributed by atoms with E-state index in [1.807, 2.05) is 0 Å². The number of nitrogens with one attached hydrogen (secondary N) is 1. The molecule has 0 radical (unpaired) electrons. The quantitative estimate of drug-likeness (QED) is 0.680. The van der Waals surface area contributed by atoms with Crippen molar-refractivity contribution >= 4 is 10.9 Å². The Morgan fingerprint density at radius 3 is 2.79 bits per heavy atom. The van der Waals surface area contributed by atoms with E-state index < -0.39 is 17.2 Å². The zero-order valence-electron chi connectivity index (χ0n) is 7.26. The third-order valence-corrected chi connectivity index (χ3v) is 1.94. The number of benzene rings is 1. The molecule has 1 N–H and O–H groups in total. The molecule has 2 rings (SSSR count). The Morgan fingerprint density at radius 2 is 2.07 bits per heavy atom. The summed E-state index contributed by atoms with van der Waals surface area (Å²) in [5.74, 6) is -1.36. The Kier molecular flexibility index (Phi) is 1.73. The van der Waals surface area contributed by atoms with Crippen LogP contribution in [0.25, 0.3) is 10.9 Å². The molecular weight excluding hydrogens is 189 g/mol. The fourth-order valence-electron chi connectivity index (χ4n) is 1.23. The highest BCUT2D eigenvalue weighted by Gasteiger charge is 2.06. The maximum absolute atomic E-state index is 13.1. The minimum atomic E-state index is -0.884. The van der Waals surface area contributed by atoms with Crippen LogP contribution in [-0.2, 0) is 0 Å². The van der Waals surface area contributed by atoms with Crippen molar-refractivity contribution in [1.82, 2.24) is 4.98 Å². The Morgan fingerprint density at radius 1 is 1.36 bits per heavy atom. The van der Waals surface area contributed by atoms with Crippen LogP contribution in [0.2, 0.25) is 0 Å². The molecule has 0 atom stereocenters. The molecule has 0 aliphatic rings. The molecule has 0 unspecified atom stereocenters. The monoisotopic (exact) mass is 195 g/mol. The number of hydrogen-bond acceptors (Lipinski definition) is 3. The van der Waals surface area contributed by atoms with Crippen LogP contribution >= 0.6 is 0 Å². The molecule has 0 saturated heterocycles. The summed E-state index contributed by atoms with van der Waals surface area (Å²) in [6.45, 7) is 1.53. The van der Waals surface area contributed by atoms with E-state index in [9.17, 15) is 14.0 Å². The van der Waals surface area contributed by atoms with E-state index in [-0.39, 0.29) is 10.9 Å². The van der Waals surface area contributed by atoms with Crippen molar-refractivity contribution in [2.45, 2.75) is 6.92 Å². The highest BCUT2D eigenvalue weighted by molar-refractivity contribution is 5.77. The highest BCUT2D eigenvalue weighted by Crippen LogP contribution is 2.12. The average Bonchev–Trinajstić information content (AvgIpc) is 2.08. The second-order valence-electron chi connectivity index (χ2n) is 2.95. The summed E-state index contributed by atoms with van der Waals surface area (Å²) < 4.78 is 17.4. The van der Waals surface area contributed by atoms with Gasteiger partial charge in [0.2, 0.25) is 0 Å². The van der Waals surface area contributed by atoms with E-state index in [2.05, 4.69) is 9.40 Å². The molecule has 1 aromatic heterocycles. The third-order valence-electron chi connectivity index (χ3n) is 1.94. The Bertz CT molecular complexity index is 611. The van der Waals surface area contributed by atoms with Crippen LogP contribution in [0.1, 0.15) is 5.56 Å². The van der Waals surface area contributed by atoms with Gasteiger partial charge in [0.05, 0.1) is 10.9 Å². The summed E-state index contributed by atoms with van der Waals surface area (Å²) in [5, 5.41) is 0.170. The lowest BCUT2D eigenvalue weighted by molar-refractivity contribution is 0.459. The minimum absolute atomic E-state index is 0.148. The number of H-pyrrole nitrogens is 1. The van der Waals surface area contributed by atoms with Gasteiger partial charge in [-0.25, -0.2) is 14.0 Å². The first-order valence-electron chi connectivity index (χ1n) is 3.91. The fourth-order valence-corrected chi connectivity index (χ4v) is 1.23. The molecule has 1 aromatic carbocycles. The molecule has 0 saturated carbocycles. The van der Waals surface area contributed by atoms with E-state index in [1.165, 1.54) is 13.0 Å². The molecule has 4 nitrogen and oxygen atoms in total. The van der Waals surface area contributed by atoms with Gasteiger partial charge < -0.3 is 4.42 Å². The first-order chi connectivity index (χ1) is 6.58. The van der Waals surface area contributed by atoms with Crippen LogP contribution in [0.5, 0.6) is 0 Å². The predicted octanol–water partition coefficient (Wildman–Crippen LogP) is 0.929. The van der Waals surface area contributed by atoms with Gasteiger partial charge in [-0.2, -0.15) is 0 Å². The van der Waals surface area contributed by atoms with Gasteiger partial charge in [-0.15, -0.1) is 0 Å². The smallest absolute Gasteiger partial charge is 0.372 e. The maximum atomic E-state index is 13.1. The highest BCUT2D eigenvalue weighted by atomic mass is 19.1. The fraction of sp³-hybridized carbons (Fsp3) is 0.111. The SMILES string of the molecule is Cc1cc2c(=O)oc(=O)[nH]c2cc1F. The van der Waals surface area contributed by atoms with Crippen molar-refractivity contribution in [1.29, 1.82) is 0 Å². The zero-order valence-corrected chi connectivity index (χ0v) is 7.26. The average molecular weight is 195 g/mol. The maximum Gasteiger partial charge on any atom is 0.419 e. The Balaban J connectivity index is 3.03. The number of aromatic amines is 1. The summed E-state index contributed by atoms with van der Waals surface area (Å²) in [7, 11) is 0. The van der Waals surface area contributed by atoms with Gasteiger partial charge in [0.1, 0.15) is 5.82 Å². The summed E-state index contributed by atoms with van der Waals surface area (Å²) in [4.78, 5) is 24.1. The van der Waals surface area contributed by atoms with Gasteiger partial charge in [0.25, 0.3) is 0 Å². The van der Waals surface area contributed by atoms with Crippen LogP contribution in [0.4, 0.5) is 4.39 Å². The van der Waals surface area contributed by atoms with Crippen molar-refractivity contribution in [3.63, 3.8) is 0 Å². The zero-order chi connectivity index (χ0) is 10.3. The van der Waals surface area contributed by atoms with E-state index in [0.717, 1.165) is 6.07 Å². The molecule has 0 fully saturated rings. The molecule has 5 heteroatoms. The lowest BCUT2D eigenvalue weighted by Crippen LogP contribution is -2.14. The van der Waals surface area contributed by atoms with Gasteiger partial charge in [-0.3, -0.25) is 4.98 Å². The normalized spacial score (nSPS) is 10.7. The molecule has 0 aliphatic heterocycles. The number of fused-ring (bicyclic) bond motifs is 1. The molecule has 2 aromatic rings. The number of hydrogen-bond donors (Lipinski definition) is 1. The number of aromatic nitrogens is 1. The van der Waals surface area contributed by atoms with Crippen LogP contribution in [-0.4, -0.2) is 4.98 Å². The van der Waals surface area contributed by atoms with Crippen molar-refractivity contribution < 1.29 is 8.81 Å². The first kappa shape index (κ1) is 8.68. The minimum Gasteiger partial charge on any atom is -0.372 e. The third kappa shape index (κ3) is 1.22. The van der Waals surface area contributed by atoms with Gasteiger partial charge >= 0.3 is 11.4 Å². The van der Waals surface area contributed by atoms with E-state index in [4.69, 9.17) is 0 Å². The van der Waals surface area contributed by atoms with Gasteiger partial charge in [-0.1, -0.05) is 0 Å². The van der Waals surface area contributed by atoms with Gasteiger partial charge in [-0.05, 0) is 24.6 Å². The predicted molar refractivity (Wildman–Crippen MR) is 47.8 cm³/mol. The topological polar surface area (TPSA) is 63.1 Å². The molecule has 0 bridgehead atoms. The summed E-state index contributed by atoms with van der Waals surface area (Å²) in [6.07, 6.45) is 0. The molecule has 72 valence electrons. The number of aryl methyl sites for hydroxylation is 1. The lowest BCUT2D eigenvalue weighted by Gasteiger charge is -1.98.